The van der Waals surface area contributed by atoms with E-state index in [9.17, 15) is 9.59 Å². The lowest BCUT2D eigenvalue weighted by Gasteiger charge is -2.21. The van der Waals surface area contributed by atoms with Gasteiger partial charge in [0.05, 0.1) is 11.3 Å². The number of ether oxygens (including phenoxy) is 3. The number of hydrogen-bond acceptors (Lipinski definition) is 6. The Labute approximate surface area is 173 Å². The van der Waals surface area contributed by atoms with Crippen LogP contribution < -0.4 is 9.47 Å². The Morgan fingerprint density at radius 1 is 1.13 bits per heavy atom. The van der Waals surface area contributed by atoms with E-state index in [1.54, 1.807) is 40.0 Å². The van der Waals surface area contributed by atoms with Crippen LogP contribution in [0.1, 0.15) is 22.8 Å². The van der Waals surface area contributed by atoms with Crippen molar-refractivity contribution in [1.82, 2.24) is 14.7 Å². The summed E-state index contributed by atoms with van der Waals surface area (Å²) < 4.78 is 17.6. The van der Waals surface area contributed by atoms with Gasteiger partial charge in [0.2, 0.25) is 6.79 Å². The standard InChI is InChI=1S/C22H21N3O5/c1-2-24(13-16-4-9-19-20(12-16)30-15-29-19)21(26)14-28-22(27)17-5-7-18(8-6-17)25-11-3-10-23-25/h3-12H,2,13-15H2,1H3. The first kappa shape index (κ1) is 19.5. The lowest BCUT2D eigenvalue weighted by molar-refractivity contribution is -0.134. The van der Waals surface area contributed by atoms with Gasteiger partial charge < -0.3 is 19.1 Å². The molecule has 154 valence electrons. The molecule has 0 saturated heterocycles. The van der Waals surface area contributed by atoms with Gasteiger partial charge in [0.15, 0.2) is 18.1 Å². The van der Waals surface area contributed by atoms with E-state index in [4.69, 9.17) is 14.2 Å². The molecule has 30 heavy (non-hydrogen) atoms. The van der Waals surface area contributed by atoms with E-state index in [1.807, 2.05) is 37.4 Å². The molecule has 2 aromatic carbocycles. The van der Waals surface area contributed by atoms with E-state index >= 15 is 0 Å². The van der Waals surface area contributed by atoms with Crippen molar-refractivity contribution in [3.63, 3.8) is 0 Å². The summed E-state index contributed by atoms with van der Waals surface area (Å²) in [5, 5.41) is 4.14. The third-order valence-corrected chi connectivity index (χ3v) is 4.74. The van der Waals surface area contributed by atoms with Gasteiger partial charge in [-0.25, -0.2) is 9.48 Å². The van der Waals surface area contributed by atoms with Crippen LogP contribution in [0.2, 0.25) is 0 Å². The molecule has 0 unspecified atom stereocenters. The average molecular weight is 407 g/mol. The molecular formula is C22H21N3O5. The minimum atomic E-state index is -0.547. The molecule has 0 atom stereocenters. The highest BCUT2D eigenvalue weighted by Crippen LogP contribution is 2.32. The number of fused-ring (bicyclic) bond motifs is 1. The van der Waals surface area contributed by atoms with Crippen LogP contribution >= 0.6 is 0 Å². The molecule has 0 bridgehead atoms. The lowest BCUT2D eigenvalue weighted by Crippen LogP contribution is -2.34. The molecule has 1 aromatic heterocycles. The Bertz CT molecular complexity index is 1030. The second-order valence-electron chi connectivity index (χ2n) is 6.67. The Hall–Kier alpha value is -3.81. The SMILES string of the molecule is CCN(Cc1ccc2c(c1)OCO2)C(=O)COC(=O)c1ccc(-n2cccn2)cc1. The topological polar surface area (TPSA) is 82.9 Å². The molecule has 8 nitrogen and oxygen atoms in total. The van der Waals surface area contributed by atoms with Crippen molar-refractivity contribution in [2.45, 2.75) is 13.5 Å². The third kappa shape index (κ3) is 4.27. The molecule has 0 aliphatic carbocycles. The molecule has 0 fully saturated rings. The molecule has 8 heteroatoms. The van der Waals surface area contributed by atoms with E-state index in [-0.39, 0.29) is 19.3 Å². The van der Waals surface area contributed by atoms with Gasteiger partial charge in [-0.15, -0.1) is 0 Å². The Morgan fingerprint density at radius 2 is 1.93 bits per heavy atom. The summed E-state index contributed by atoms with van der Waals surface area (Å²) in [7, 11) is 0. The van der Waals surface area contributed by atoms with Crippen LogP contribution in [0.4, 0.5) is 0 Å². The number of benzene rings is 2. The first-order valence-electron chi connectivity index (χ1n) is 9.57. The molecule has 2 heterocycles. The zero-order valence-electron chi connectivity index (χ0n) is 16.5. The van der Waals surface area contributed by atoms with Crippen LogP contribution in [0, 0.1) is 0 Å². The van der Waals surface area contributed by atoms with E-state index < -0.39 is 5.97 Å². The molecule has 1 aliphatic rings. The normalized spacial score (nSPS) is 11.9. The minimum Gasteiger partial charge on any atom is -0.454 e. The van der Waals surface area contributed by atoms with E-state index in [1.165, 1.54) is 0 Å². The molecule has 0 spiro atoms. The summed E-state index contributed by atoms with van der Waals surface area (Å²) >= 11 is 0. The average Bonchev–Trinajstić information content (AvgIpc) is 3.47. The number of carbonyl (C=O) groups excluding carboxylic acids is 2. The van der Waals surface area contributed by atoms with Crippen molar-refractivity contribution in [1.29, 1.82) is 0 Å². The summed E-state index contributed by atoms with van der Waals surface area (Å²) in [5.41, 5.74) is 2.11. The third-order valence-electron chi connectivity index (χ3n) is 4.74. The maximum atomic E-state index is 12.5. The molecule has 1 aliphatic heterocycles. The molecule has 0 N–H and O–H groups in total. The van der Waals surface area contributed by atoms with Crippen molar-refractivity contribution in [2.75, 3.05) is 19.9 Å². The quantitative estimate of drug-likeness (QED) is 0.560. The number of aromatic nitrogens is 2. The number of rotatable bonds is 7. The summed E-state index contributed by atoms with van der Waals surface area (Å²) in [6.45, 7) is 2.64. The number of amides is 1. The highest BCUT2D eigenvalue weighted by Gasteiger charge is 2.18. The van der Waals surface area contributed by atoms with Gasteiger partial charge in [-0.05, 0) is 55.0 Å². The van der Waals surface area contributed by atoms with Gasteiger partial charge in [0.25, 0.3) is 5.91 Å². The number of hydrogen-bond donors (Lipinski definition) is 0. The predicted molar refractivity (Wildman–Crippen MR) is 108 cm³/mol. The fourth-order valence-electron chi connectivity index (χ4n) is 3.11. The van der Waals surface area contributed by atoms with Gasteiger partial charge in [0.1, 0.15) is 0 Å². The predicted octanol–water partition coefficient (Wildman–Crippen LogP) is 2.81. The van der Waals surface area contributed by atoms with Crippen LogP contribution in [-0.4, -0.2) is 46.5 Å². The second kappa shape index (κ2) is 8.69. The monoisotopic (exact) mass is 407 g/mol. The van der Waals surface area contributed by atoms with Gasteiger partial charge in [-0.2, -0.15) is 5.10 Å². The molecule has 3 aromatic rings. The number of carbonyl (C=O) groups is 2. The lowest BCUT2D eigenvalue weighted by atomic mass is 10.2. The molecule has 1 amide bonds. The zero-order chi connectivity index (χ0) is 20.9. The number of esters is 1. The van der Waals surface area contributed by atoms with Crippen LogP contribution in [-0.2, 0) is 16.1 Å². The molecule has 4 rings (SSSR count). The van der Waals surface area contributed by atoms with E-state index in [0.717, 1.165) is 11.3 Å². The minimum absolute atomic E-state index is 0.202. The van der Waals surface area contributed by atoms with Crippen molar-refractivity contribution < 1.29 is 23.8 Å². The van der Waals surface area contributed by atoms with Crippen LogP contribution in [0.15, 0.2) is 60.9 Å². The van der Waals surface area contributed by atoms with Crippen molar-refractivity contribution in [2.24, 2.45) is 0 Å². The first-order valence-corrected chi connectivity index (χ1v) is 9.57. The van der Waals surface area contributed by atoms with Crippen molar-refractivity contribution in [3.8, 4) is 17.2 Å². The highest BCUT2D eigenvalue weighted by molar-refractivity contribution is 5.91. The van der Waals surface area contributed by atoms with Crippen molar-refractivity contribution >= 4 is 11.9 Å². The van der Waals surface area contributed by atoms with Crippen LogP contribution in [0.25, 0.3) is 5.69 Å². The Morgan fingerprint density at radius 3 is 2.67 bits per heavy atom. The summed E-state index contributed by atoms with van der Waals surface area (Å²) in [5.74, 6) is 0.549. The van der Waals surface area contributed by atoms with Gasteiger partial charge >= 0.3 is 5.97 Å². The van der Waals surface area contributed by atoms with Crippen LogP contribution in [0.5, 0.6) is 11.5 Å². The smallest absolute Gasteiger partial charge is 0.338 e. The molecule has 0 saturated carbocycles. The maximum absolute atomic E-state index is 12.5. The first-order chi connectivity index (χ1) is 14.6. The summed E-state index contributed by atoms with van der Waals surface area (Å²) in [6, 6.07) is 14.2. The number of nitrogens with zero attached hydrogens (tertiary/aromatic N) is 3. The fraction of sp³-hybridized carbons (Fsp3) is 0.227. The molecule has 0 radical (unpaired) electrons. The van der Waals surface area contributed by atoms with Gasteiger partial charge in [-0.3, -0.25) is 4.79 Å². The zero-order valence-corrected chi connectivity index (χ0v) is 16.5. The summed E-state index contributed by atoms with van der Waals surface area (Å²) in [6.07, 6.45) is 3.49. The number of likely N-dealkylation sites (N-methyl/N-ethyl adjacent to an activating group) is 1. The Kier molecular flexibility index (Phi) is 5.65. The van der Waals surface area contributed by atoms with Gasteiger partial charge in [-0.1, -0.05) is 6.07 Å². The van der Waals surface area contributed by atoms with Gasteiger partial charge in [0, 0.05) is 25.5 Å². The van der Waals surface area contributed by atoms with E-state index in [0.29, 0.717) is 30.2 Å². The largest absolute Gasteiger partial charge is 0.454 e. The second-order valence-corrected chi connectivity index (χ2v) is 6.67. The van der Waals surface area contributed by atoms with Crippen LogP contribution in [0.3, 0.4) is 0 Å². The summed E-state index contributed by atoms with van der Waals surface area (Å²) in [4.78, 5) is 26.5. The molecular weight excluding hydrogens is 386 g/mol. The maximum Gasteiger partial charge on any atom is 0.338 e. The van der Waals surface area contributed by atoms with E-state index in [2.05, 4.69) is 5.10 Å². The Balaban J connectivity index is 1.32. The fourth-order valence-corrected chi connectivity index (χ4v) is 3.11. The van der Waals surface area contributed by atoms with Crippen molar-refractivity contribution in [3.05, 3.63) is 72.1 Å². The highest BCUT2D eigenvalue weighted by atomic mass is 16.7.